The third-order valence-electron chi connectivity index (χ3n) is 10.5. The van der Waals surface area contributed by atoms with E-state index < -0.39 is 30.6 Å². The Bertz CT molecular complexity index is 1850. The fourth-order valence-corrected chi connectivity index (χ4v) is 12.1. The predicted octanol–water partition coefficient (Wildman–Crippen LogP) is 5.78. The van der Waals surface area contributed by atoms with Gasteiger partial charge in [-0.1, -0.05) is 98.0 Å². The van der Waals surface area contributed by atoms with E-state index >= 15 is 0 Å². The fourth-order valence-electron chi connectivity index (χ4n) is 8.06. The zero-order chi connectivity index (χ0) is 35.6. The number of nitro groups is 1. The lowest BCUT2D eigenvalue weighted by molar-refractivity contribution is -0.385. The van der Waals surface area contributed by atoms with Crippen LogP contribution in [0.15, 0.2) is 103 Å². The Morgan fingerprint density at radius 2 is 1.64 bits per heavy atom. The number of non-ortho nitro benzene ring substituents is 1. The molecule has 6 rings (SSSR count). The summed E-state index contributed by atoms with van der Waals surface area (Å²) in [6.07, 6.45) is -0.710. The summed E-state index contributed by atoms with van der Waals surface area (Å²) in [6.45, 7) is 6.96. The molecule has 2 amide bonds. The first-order valence-corrected chi connectivity index (χ1v) is 20.0. The maximum Gasteiger partial charge on any atom is 0.269 e. The van der Waals surface area contributed by atoms with Crippen molar-refractivity contribution in [3.8, 4) is 5.75 Å². The molecule has 0 radical (unpaired) electrons. The highest BCUT2D eigenvalue weighted by atomic mass is 28.3. The molecule has 0 aromatic heterocycles. The molecule has 260 valence electrons. The van der Waals surface area contributed by atoms with Gasteiger partial charge in [-0.05, 0) is 34.9 Å². The monoisotopic (exact) mass is 693 g/mol. The number of carbonyl (C=O) groups excluding carboxylic acids is 2. The van der Waals surface area contributed by atoms with Gasteiger partial charge in [-0.3, -0.25) is 19.7 Å². The first-order valence-electron chi connectivity index (χ1n) is 16.9. The highest BCUT2D eigenvalue weighted by molar-refractivity contribution is 6.91. The molecule has 4 aromatic rings. The molecule has 0 saturated carbocycles. The number of fused-ring (bicyclic) bond motifs is 2. The summed E-state index contributed by atoms with van der Waals surface area (Å²) in [4.78, 5) is 44.1. The topological polar surface area (TPSA) is 122 Å². The van der Waals surface area contributed by atoms with Gasteiger partial charge in [0.25, 0.3) is 11.6 Å². The van der Waals surface area contributed by atoms with Crippen LogP contribution in [0.2, 0.25) is 18.6 Å². The molecule has 0 aliphatic carbocycles. The lowest BCUT2D eigenvalue weighted by atomic mass is 9.82. The van der Waals surface area contributed by atoms with Gasteiger partial charge in [0, 0.05) is 36.7 Å². The summed E-state index contributed by atoms with van der Waals surface area (Å²) in [7, 11) is -0.966. The van der Waals surface area contributed by atoms with Crippen molar-refractivity contribution >= 4 is 36.4 Å². The number of aliphatic hydroxyl groups is 1. The van der Waals surface area contributed by atoms with E-state index in [1.165, 1.54) is 12.1 Å². The van der Waals surface area contributed by atoms with Gasteiger partial charge in [-0.15, -0.1) is 0 Å². The molecule has 2 aliphatic rings. The number of anilines is 1. The summed E-state index contributed by atoms with van der Waals surface area (Å²) in [5.74, 6) is -0.215. The van der Waals surface area contributed by atoms with Gasteiger partial charge in [0.15, 0.2) is 5.60 Å². The second-order valence-corrected chi connectivity index (χ2v) is 18.4. The van der Waals surface area contributed by atoms with Gasteiger partial charge < -0.3 is 24.4 Å². The number of ether oxygens (including phenoxy) is 2. The van der Waals surface area contributed by atoms with Gasteiger partial charge >= 0.3 is 0 Å². The molecule has 1 spiro atoms. The number of rotatable bonds is 12. The van der Waals surface area contributed by atoms with Crippen LogP contribution >= 0.6 is 0 Å². The summed E-state index contributed by atoms with van der Waals surface area (Å²) in [6, 6.07) is 31.7. The van der Waals surface area contributed by atoms with E-state index in [4.69, 9.17) is 9.47 Å². The molecule has 2 aliphatic heterocycles. The van der Waals surface area contributed by atoms with E-state index in [-0.39, 0.29) is 49.2 Å². The Balaban J connectivity index is 1.46. The molecule has 1 saturated heterocycles. The highest BCUT2D eigenvalue weighted by Crippen LogP contribution is 2.60. The normalized spacial score (nSPS) is 21.3. The number of methoxy groups -OCH3 is 1. The average molecular weight is 694 g/mol. The average Bonchev–Trinajstić information content (AvgIpc) is 3.54. The lowest BCUT2D eigenvalue weighted by Crippen LogP contribution is -2.52. The minimum atomic E-state index is -2.58. The van der Waals surface area contributed by atoms with Crippen LogP contribution in [0, 0.1) is 16.0 Å². The Morgan fingerprint density at radius 3 is 2.24 bits per heavy atom. The second kappa shape index (κ2) is 14.2. The van der Waals surface area contributed by atoms with Crippen molar-refractivity contribution in [2.24, 2.45) is 5.92 Å². The van der Waals surface area contributed by atoms with E-state index in [9.17, 15) is 24.8 Å². The Kier molecular flexibility index (Phi) is 9.93. The van der Waals surface area contributed by atoms with Gasteiger partial charge in [0.05, 0.1) is 51.5 Å². The number of nitrogens with zero attached hydrogens (tertiary/aromatic N) is 3. The molecule has 4 atom stereocenters. The summed E-state index contributed by atoms with van der Waals surface area (Å²) < 4.78 is 12.5. The van der Waals surface area contributed by atoms with Crippen LogP contribution in [0.5, 0.6) is 5.75 Å². The molecule has 10 nitrogen and oxygen atoms in total. The maximum atomic E-state index is 15.0. The molecule has 50 heavy (non-hydrogen) atoms. The van der Waals surface area contributed by atoms with Crippen LogP contribution in [0.25, 0.3) is 0 Å². The van der Waals surface area contributed by atoms with Crippen molar-refractivity contribution < 1.29 is 29.1 Å². The lowest BCUT2D eigenvalue weighted by Gasteiger charge is -2.37. The largest absolute Gasteiger partial charge is 0.497 e. The van der Waals surface area contributed by atoms with Crippen molar-refractivity contribution in [2.45, 2.75) is 56.8 Å². The molecule has 1 N–H and O–H groups in total. The zero-order valence-electron chi connectivity index (χ0n) is 28.8. The standard InChI is InChI=1S/C39H43N3O7Si/c1-27-37(50(3,4)32-18-16-31(48-2)17-19-32)35(24-36(44)40(21-22-43)25-28-11-7-5-8-12-28)49-39(27)33-23-30(42(46)47)15-20-34(33)41(38(39)45)26-29-13-9-6-10-14-29/h5-20,23,27,35,37,43H,21-22,24-26H2,1-4H3/t27-,35+,37-,39+/m0/s1. The minimum Gasteiger partial charge on any atom is -0.497 e. The summed E-state index contributed by atoms with van der Waals surface area (Å²) >= 11 is 0. The third kappa shape index (κ3) is 6.32. The number of benzene rings is 4. The fraction of sp³-hybridized carbons (Fsp3) is 0.333. The molecule has 0 unspecified atom stereocenters. The van der Waals surface area contributed by atoms with Crippen molar-refractivity contribution in [1.29, 1.82) is 0 Å². The van der Waals surface area contributed by atoms with Crippen LogP contribution in [0.1, 0.15) is 30.0 Å². The predicted molar refractivity (Wildman–Crippen MR) is 194 cm³/mol. The van der Waals surface area contributed by atoms with Crippen molar-refractivity contribution in [3.63, 3.8) is 0 Å². The second-order valence-electron chi connectivity index (χ2n) is 13.7. The van der Waals surface area contributed by atoms with Crippen LogP contribution in [-0.2, 0) is 33.0 Å². The Hall–Kier alpha value is -4.84. The van der Waals surface area contributed by atoms with Crippen LogP contribution in [0.4, 0.5) is 11.4 Å². The minimum absolute atomic E-state index is 0.0214. The molecule has 4 aromatic carbocycles. The third-order valence-corrected chi connectivity index (χ3v) is 14.9. The van der Waals surface area contributed by atoms with E-state index in [1.54, 1.807) is 23.0 Å². The van der Waals surface area contributed by atoms with Gasteiger partial charge in [-0.2, -0.15) is 0 Å². The van der Waals surface area contributed by atoms with E-state index in [0.717, 1.165) is 22.1 Å². The van der Waals surface area contributed by atoms with Gasteiger partial charge in [0.2, 0.25) is 5.91 Å². The van der Waals surface area contributed by atoms with Crippen molar-refractivity contribution in [2.75, 3.05) is 25.2 Å². The molecular weight excluding hydrogens is 651 g/mol. The van der Waals surface area contributed by atoms with Crippen molar-refractivity contribution in [1.82, 2.24) is 4.90 Å². The van der Waals surface area contributed by atoms with Crippen LogP contribution in [-0.4, -0.2) is 61.2 Å². The number of carbonyl (C=O) groups is 2. The molecule has 0 bridgehead atoms. The van der Waals surface area contributed by atoms with Crippen molar-refractivity contribution in [3.05, 3.63) is 130 Å². The van der Waals surface area contributed by atoms with Gasteiger partial charge in [-0.25, -0.2) is 0 Å². The summed E-state index contributed by atoms with van der Waals surface area (Å²) in [5.41, 5.74) is 0.926. The molecule has 2 heterocycles. The number of amides is 2. The first-order chi connectivity index (χ1) is 24.0. The van der Waals surface area contributed by atoms with Crippen LogP contribution < -0.4 is 14.8 Å². The zero-order valence-corrected chi connectivity index (χ0v) is 29.8. The first kappa shape index (κ1) is 35.0. The molecule has 1 fully saturated rings. The summed E-state index contributed by atoms with van der Waals surface area (Å²) in [5, 5.41) is 23.1. The number of hydrogen-bond donors (Lipinski definition) is 1. The van der Waals surface area contributed by atoms with Gasteiger partial charge in [0.1, 0.15) is 5.75 Å². The number of nitro benzene ring substituents is 1. The number of aliphatic hydroxyl groups excluding tert-OH is 1. The number of hydrogen-bond acceptors (Lipinski definition) is 7. The van der Waals surface area contributed by atoms with E-state index in [2.05, 4.69) is 13.1 Å². The molecule has 11 heteroatoms. The van der Waals surface area contributed by atoms with Crippen LogP contribution in [0.3, 0.4) is 0 Å². The van der Waals surface area contributed by atoms with E-state index in [0.29, 0.717) is 17.8 Å². The van der Waals surface area contributed by atoms with E-state index in [1.807, 2.05) is 91.9 Å². The highest BCUT2D eigenvalue weighted by Gasteiger charge is 2.66. The Labute approximate surface area is 293 Å². The molecular formula is C39H43N3O7Si. The Morgan fingerprint density at radius 1 is 1.00 bits per heavy atom. The maximum absolute atomic E-state index is 15.0. The SMILES string of the molecule is COc1ccc([Si](C)(C)[C@@H]2[C@@H](CC(=O)N(CCO)Cc3ccccc3)O[C@]3(C(=O)N(Cc4ccccc4)c4ccc([N+](=O)[O-])cc43)[C@H]2C)cc1. The smallest absolute Gasteiger partial charge is 0.269 e. The quantitative estimate of drug-likeness (QED) is 0.114.